The van der Waals surface area contributed by atoms with Gasteiger partial charge in [0.2, 0.25) is 0 Å². The Hall–Kier alpha value is -0.960. The highest BCUT2D eigenvalue weighted by atomic mass is 16.3. The summed E-state index contributed by atoms with van der Waals surface area (Å²) in [6.07, 6.45) is 6.40. The van der Waals surface area contributed by atoms with E-state index in [4.69, 9.17) is 4.42 Å². The molecule has 1 saturated heterocycles. The van der Waals surface area contributed by atoms with Crippen LogP contribution in [0.3, 0.4) is 0 Å². The predicted molar refractivity (Wildman–Crippen MR) is 55.4 cm³/mol. The highest BCUT2D eigenvalue weighted by Gasteiger charge is 2.47. The van der Waals surface area contributed by atoms with Gasteiger partial charge >= 0.3 is 0 Å². The first-order valence-electron chi connectivity index (χ1n) is 5.36. The zero-order chi connectivity index (χ0) is 9.54. The Morgan fingerprint density at radius 2 is 2.36 bits per heavy atom. The number of furan rings is 1. The minimum absolute atomic E-state index is 0.678. The van der Waals surface area contributed by atoms with E-state index in [1.807, 2.05) is 6.26 Å². The Morgan fingerprint density at radius 1 is 1.50 bits per heavy atom. The molecule has 0 amide bonds. The molecule has 2 atom stereocenters. The van der Waals surface area contributed by atoms with E-state index in [9.17, 15) is 0 Å². The minimum Gasteiger partial charge on any atom is -0.470 e. The second-order valence-corrected chi connectivity index (χ2v) is 4.36. The van der Waals surface area contributed by atoms with Crippen molar-refractivity contribution in [1.82, 2.24) is 5.32 Å². The molecule has 2 fully saturated rings. The van der Waals surface area contributed by atoms with E-state index in [1.54, 1.807) is 6.26 Å². The van der Waals surface area contributed by atoms with Crippen LogP contribution in [0.25, 0.3) is 0 Å². The summed E-state index contributed by atoms with van der Waals surface area (Å²) < 4.78 is 5.13. The summed E-state index contributed by atoms with van der Waals surface area (Å²) in [6.45, 7) is 1.12. The summed E-state index contributed by atoms with van der Waals surface area (Å²) in [7, 11) is 2.06. The third-order valence-electron chi connectivity index (χ3n) is 3.48. The molecule has 2 heterocycles. The molecule has 1 aliphatic heterocycles. The number of nitrogens with zero attached hydrogens (tertiary/aromatic N) is 1. The molecule has 2 unspecified atom stereocenters. The van der Waals surface area contributed by atoms with Gasteiger partial charge < -0.3 is 14.6 Å². The van der Waals surface area contributed by atoms with Crippen molar-refractivity contribution in [2.45, 2.75) is 24.9 Å². The van der Waals surface area contributed by atoms with Crippen molar-refractivity contribution >= 4 is 5.69 Å². The Kier molecular flexibility index (Phi) is 1.80. The second kappa shape index (κ2) is 3.02. The van der Waals surface area contributed by atoms with Crippen LogP contribution in [0.1, 0.15) is 12.8 Å². The Morgan fingerprint density at radius 3 is 2.93 bits per heavy atom. The van der Waals surface area contributed by atoms with Crippen LogP contribution in [0.15, 0.2) is 23.0 Å². The molecule has 1 N–H and O–H groups in total. The highest BCUT2D eigenvalue weighted by molar-refractivity contribution is 5.49. The molecule has 3 rings (SSSR count). The van der Waals surface area contributed by atoms with Gasteiger partial charge in [0, 0.05) is 18.6 Å². The molecule has 1 aromatic rings. The van der Waals surface area contributed by atoms with Gasteiger partial charge in [-0.25, -0.2) is 0 Å². The van der Waals surface area contributed by atoms with E-state index < -0.39 is 0 Å². The van der Waals surface area contributed by atoms with Gasteiger partial charge in [-0.1, -0.05) is 0 Å². The standard InChI is InChI=1S/C11H16N2O/c1-12-10-6-13(9-4-5-14-7-9)11(10)8-2-3-8/h4-5,7-8,10-12H,2-3,6H2,1H3. The molecule has 0 bridgehead atoms. The van der Waals surface area contributed by atoms with Crippen LogP contribution < -0.4 is 10.2 Å². The quantitative estimate of drug-likeness (QED) is 0.786. The van der Waals surface area contributed by atoms with Gasteiger partial charge in [0.25, 0.3) is 0 Å². The van der Waals surface area contributed by atoms with Gasteiger partial charge in [-0.3, -0.25) is 0 Å². The lowest BCUT2D eigenvalue weighted by Crippen LogP contribution is -2.66. The number of anilines is 1. The fourth-order valence-corrected chi connectivity index (χ4v) is 2.50. The zero-order valence-electron chi connectivity index (χ0n) is 8.44. The van der Waals surface area contributed by atoms with Crippen molar-refractivity contribution in [3.8, 4) is 0 Å². The van der Waals surface area contributed by atoms with Gasteiger partial charge in [0.05, 0.1) is 12.0 Å². The van der Waals surface area contributed by atoms with Gasteiger partial charge in [0.15, 0.2) is 0 Å². The first-order valence-corrected chi connectivity index (χ1v) is 5.36. The summed E-state index contributed by atoms with van der Waals surface area (Å²) in [4.78, 5) is 2.46. The van der Waals surface area contributed by atoms with Gasteiger partial charge in [-0.05, 0) is 31.9 Å². The number of rotatable bonds is 3. The molecule has 76 valence electrons. The molecule has 0 spiro atoms. The molecule has 2 aliphatic rings. The van der Waals surface area contributed by atoms with Crippen molar-refractivity contribution in [1.29, 1.82) is 0 Å². The van der Waals surface area contributed by atoms with Crippen LogP contribution in [0.4, 0.5) is 5.69 Å². The van der Waals surface area contributed by atoms with Crippen LogP contribution in [0.2, 0.25) is 0 Å². The molecule has 1 saturated carbocycles. The Balaban J connectivity index is 1.76. The first-order chi connectivity index (χ1) is 6.90. The maximum absolute atomic E-state index is 5.13. The van der Waals surface area contributed by atoms with Crippen LogP contribution in [-0.4, -0.2) is 25.7 Å². The van der Waals surface area contributed by atoms with E-state index in [-0.39, 0.29) is 0 Å². The SMILES string of the molecule is CNC1CN(c2ccoc2)C1C1CC1. The lowest BCUT2D eigenvalue weighted by atomic mass is 9.91. The van der Waals surface area contributed by atoms with E-state index in [1.165, 1.54) is 18.5 Å². The maximum Gasteiger partial charge on any atom is 0.114 e. The van der Waals surface area contributed by atoms with Crippen molar-refractivity contribution in [3.05, 3.63) is 18.6 Å². The van der Waals surface area contributed by atoms with Gasteiger partial charge in [0.1, 0.15) is 6.26 Å². The lowest BCUT2D eigenvalue weighted by Gasteiger charge is -2.49. The zero-order valence-corrected chi connectivity index (χ0v) is 8.44. The van der Waals surface area contributed by atoms with E-state index in [0.717, 1.165) is 12.5 Å². The summed E-state index contributed by atoms with van der Waals surface area (Å²) in [5, 5.41) is 3.39. The second-order valence-electron chi connectivity index (χ2n) is 4.36. The van der Waals surface area contributed by atoms with Crippen molar-refractivity contribution < 1.29 is 4.42 Å². The molecule has 1 aliphatic carbocycles. The van der Waals surface area contributed by atoms with Crippen LogP contribution in [-0.2, 0) is 0 Å². The topological polar surface area (TPSA) is 28.4 Å². The summed E-state index contributed by atoms with van der Waals surface area (Å²) in [6, 6.07) is 3.44. The number of hydrogen-bond donors (Lipinski definition) is 1. The molecule has 0 radical (unpaired) electrons. The van der Waals surface area contributed by atoms with Crippen LogP contribution >= 0.6 is 0 Å². The number of nitrogens with one attached hydrogen (secondary N) is 1. The van der Waals surface area contributed by atoms with E-state index in [0.29, 0.717) is 12.1 Å². The monoisotopic (exact) mass is 192 g/mol. The Bertz CT molecular complexity index is 305. The third kappa shape index (κ3) is 1.16. The molecular formula is C11H16N2O. The van der Waals surface area contributed by atoms with Crippen molar-refractivity contribution in [3.63, 3.8) is 0 Å². The molecule has 0 aromatic carbocycles. The minimum atomic E-state index is 0.678. The predicted octanol–water partition coefficient (Wildman–Crippen LogP) is 1.47. The van der Waals surface area contributed by atoms with Gasteiger partial charge in [-0.2, -0.15) is 0 Å². The van der Waals surface area contributed by atoms with Crippen molar-refractivity contribution in [2.75, 3.05) is 18.5 Å². The van der Waals surface area contributed by atoms with E-state index >= 15 is 0 Å². The fourth-order valence-electron chi connectivity index (χ4n) is 2.50. The molecular weight excluding hydrogens is 176 g/mol. The molecule has 14 heavy (non-hydrogen) atoms. The first kappa shape index (κ1) is 8.36. The van der Waals surface area contributed by atoms with Gasteiger partial charge in [-0.15, -0.1) is 0 Å². The molecule has 3 heteroatoms. The van der Waals surface area contributed by atoms with Crippen molar-refractivity contribution in [2.24, 2.45) is 5.92 Å². The van der Waals surface area contributed by atoms with Crippen LogP contribution in [0.5, 0.6) is 0 Å². The molecule has 3 nitrogen and oxygen atoms in total. The molecule has 1 aromatic heterocycles. The van der Waals surface area contributed by atoms with Crippen LogP contribution in [0, 0.1) is 5.92 Å². The largest absolute Gasteiger partial charge is 0.470 e. The number of likely N-dealkylation sites (N-methyl/N-ethyl adjacent to an activating group) is 1. The lowest BCUT2D eigenvalue weighted by molar-refractivity contribution is 0.304. The number of hydrogen-bond acceptors (Lipinski definition) is 3. The Labute approximate surface area is 84.1 Å². The van der Waals surface area contributed by atoms with E-state index in [2.05, 4.69) is 23.3 Å². The average molecular weight is 192 g/mol. The summed E-state index contributed by atoms with van der Waals surface area (Å²) >= 11 is 0. The third-order valence-corrected chi connectivity index (χ3v) is 3.48. The fraction of sp³-hybridized carbons (Fsp3) is 0.636. The average Bonchev–Trinajstić information content (AvgIpc) is 2.82. The maximum atomic E-state index is 5.13. The summed E-state index contributed by atoms with van der Waals surface area (Å²) in [5.41, 5.74) is 1.24. The smallest absolute Gasteiger partial charge is 0.114 e. The summed E-state index contributed by atoms with van der Waals surface area (Å²) in [5.74, 6) is 0.913. The normalized spacial score (nSPS) is 31.6. The highest BCUT2D eigenvalue weighted by Crippen LogP contribution is 2.43.